The minimum Gasteiger partial charge on any atom is -0.280 e. The van der Waals surface area contributed by atoms with E-state index in [0.29, 0.717) is 5.69 Å². The van der Waals surface area contributed by atoms with Crippen LogP contribution in [0.1, 0.15) is 5.56 Å². The molecule has 0 atom stereocenters. The van der Waals surface area contributed by atoms with Crippen LogP contribution in [0.15, 0.2) is 53.7 Å². The molecule has 0 fully saturated rings. The van der Waals surface area contributed by atoms with Gasteiger partial charge >= 0.3 is 0 Å². The Morgan fingerprint density at radius 2 is 1.82 bits per heavy atom. The van der Waals surface area contributed by atoms with Gasteiger partial charge in [-0.1, -0.05) is 17.7 Å². The highest BCUT2D eigenvalue weighted by Gasteiger charge is 2.13. The zero-order valence-electron chi connectivity index (χ0n) is 9.29. The second kappa shape index (κ2) is 4.55. The van der Waals surface area contributed by atoms with Crippen LogP contribution in [-0.4, -0.2) is 13.4 Å². The summed E-state index contributed by atoms with van der Waals surface area (Å²) in [6.07, 6.45) is 2.85. The standard InChI is InChI=1S/C12H12N2O2S/c1-10-4-6-11(7-5-10)14-17(15,16)12-3-2-8-13-9-12/h2-9,14H,1H3. The van der Waals surface area contributed by atoms with E-state index in [1.54, 1.807) is 18.2 Å². The molecule has 2 rings (SSSR count). The molecule has 2 aromatic rings. The molecule has 88 valence electrons. The lowest BCUT2D eigenvalue weighted by Gasteiger charge is -2.07. The number of rotatable bonds is 3. The molecule has 0 saturated heterocycles. The summed E-state index contributed by atoms with van der Waals surface area (Å²) in [4.78, 5) is 3.94. The molecule has 0 spiro atoms. The summed E-state index contributed by atoms with van der Waals surface area (Å²) >= 11 is 0. The molecule has 0 aliphatic carbocycles. The molecule has 4 nitrogen and oxygen atoms in total. The van der Waals surface area contributed by atoms with Crippen molar-refractivity contribution in [3.05, 3.63) is 54.4 Å². The lowest BCUT2D eigenvalue weighted by atomic mass is 10.2. The Hall–Kier alpha value is -1.88. The summed E-state index contributed by atoms with van der Waals surface area (Å²) in [6.45, 7) is 1.94. The first-order valence-electron chi connectivity index (χ1n) is 5.07. The van der Waals surface area contributed by atoms with E-state index in [9.17, 15) is 8.42 Å². The molecule has 1 N–H and O–H groups in total. The Morgan fingerprint density at radius 1 is 1.12 bits per heavy atom. The fourth-order valence-electron chi connectivity index (χ4n) is 1.34. The third-order valence-corrected chi connectivity index (χ3v) is 3.62. The Morgan fingerprint density at radius 3 is 2.41 bits per heavy atom. The maximum absolute atomic E-state index is 11.9. The fraction of sp³-hybridized carbons (Fsp3) is 0.0833. The predicted molar refractivity (Wildman–Crippen MR) is 66.2 cm³/mol. The molecular weight excluding hydrogens is 236 g/mol. The molecule has 5 heteroatoms. The van der Waals surface area contributed by atoms with Gasteiger partial charge in [-0.15, -0.1) is 0 Å². The van der Waals surface area contributed by atoms with Crippen LogP contribution in [0.5, 0.6) is 0 Å². The number of aromatic nitrogens is 1. The van der Waals surface area contributed by atoms with Gasteiger partial charge in [0.25, 0.3) is 10.0 Å². The highest BCUT2D eigenvalue weighted by molar-refractivity contribution is 7.92. The van der Waals surface area contributed by atoms with E-state index >= 15 is 0 Å². The van der Waals surface area contributed by atoms with E-state index in [4.69, 9.17) is 0 Å². The Bertz CT molecular complexity index is 592. The van der Waals surface area contributed by atoms with Gasteiger partial charge in [-0.05, 0) is 31.2 Å². The minimum absolute atomic E-state index is 0.153. The molecule has 0 aliphatic heterocycles. The Labute approximate surface area is 100 Å². The molecular formula is C12H12N2O2S. The molecule has 1 aromatic carbocycles. The Balaban J connectivity index is 2.27. The van der Waals surface area contributed by atoms with Crippen molar-refractivity contribution in [2.45, 2.75) is 11.8 Å². The third-order valence-electron chi connectivity index (χ3n) is 2.25. The molecule has 1 aromatic heterocycles. The average Bonchev–Trinajstić information content (AvgIpc) is 2.33. The van der Waals surface area contributed by atoms with Crippen LogP contribution >= 0.6 is 0 Å². The quantitative estimate of drug-likeness (QED) is 0.905. The Kier molecular flexibility index (Phi) is 3.10. The number of nitrogens with zero attached hydrogens (tertiary/aromatic N) is 1. The second-order valence-corrected chi connectivity index (χ2v) is 5.34. The SMILES string of the molecule is Cc1ccc(NS(=O)(=O)c2cccnc2)cc1. The number of hydrogen-bond donors (Lipinski definition) is 1. The summed E-state index contributed by atoms with van der Waals surface area (Å²) in [6, 6.07) is 10.2. The van der Waals surface area contributed by atoms with Crippen molar-refractivity contribution >= 4 is 15.7 Å². The average molecular weight is 248 g/mol. The number of anilines is 1. The first-order chi connectivity index (χ1) is 8.08. The van der Waals surface area contributed by atoms with Crippen LogP contribution in [0.3, 0.4) is 0 Å². The maximum Gasteiger partial charge on any atom is 0.263 e. The van der Waals surface area contributed by atoms with Crippen LogP contribution in [-0.2, 0) is 10.0 Å². The summed E-state index contributed by atoms with van der Waals surface area (Å²) in [5.74, 6) is 0. The number of hydrogen-bond acceptors (Lipinski definition) is 3. The molecule has 1 heterocycles. The minimum atomic E-state index is -3.54. The van der Waals surface area contributed by atoms with Gasteiger partial charge in [-0.25, -0.2) is 8.42 Å². The van der Waals surface area contributed by atoms with E-state index in [1.807, 2.05) is 19.1 Å². The zero-order chi connectivity index (χ0) is 12.3. The van der Waals surface area contributed by atoms with Crippen molar-refractivity contribution in [3.8, 4) is 0 Å². The van der Waals surface area contributed by atoms with Gasteiger partial charge in [-0.2, -0.15) is 0 Å². The number of pyridine rings is 1. The van der Waals surface area contributed by atoms with Gasteiger partial charge in [0.2, 0.25) is 0 Å². The normalized spacial score (nSPS) is 11.1. The molecule has 17 heavy (non-hydrogen) atoms. The van der Waals surface area contributed by atoms with Crippen molar-refractivity contribution in [1.29, 1.82) is 0 Å². The molecule has 0 radical (unpaired) electrons. The summed E-state index contributed by atoms with van der Waals surface area (Å²) in [5, 5.41) is 0. The van der Waals surface area contributed by atoms with Crippen molar-refractivity contribution in [2.75, 3.05) is 4.72 Å². The highest BCUT2D eigenvalue weighted by atomic mass is 32.2. The second-order valence-electron chi connectivity index (χ2n) is 3.66. The van der Waals surface area contributed by atoms with Crippen molar-refractivity contribution in [2.24, 2.45) is 0 Å². The molecule has 0 unspecified atom stereocenters. The van der Waals surface area contributed by atoms with Crippen molar-refractivity contribution < 1.29 is 8.42 Å². The van der Waals surface area contributed by atoms with E-state index in [0.717, 1.165) is 5.56 Å². The first kappa shape index (κ1) is 11.6. The number of sulfonamides is 1. The highest BCUT2D eigenvalue weighted by Crippen LogP contribution is 2.15. The summed E-state index contributed by atoms with van der Waals surface area (Å²) in [5.41, 5.74) is 1.62. The van der Waals surface area contributed by atoms with Gasteiger partial charge < -0.3 is 0 Å². The van der Waals surface area contributed by atoms with E-state index in [1.165, 1.54) is 18.5 Å². The number of aryl methyl sites for hydroxylation is 1. The molecule has 0 aliphatic rings. The van der Waals surface area contributed by atoms with Crippen molar-refractivity contribution in [1.82, 2.24) is 4.98 Å². The monoisotopic (exact) mass is 248 g/mol. The van der Waals surface area contributed by atoms with Gasteiger partial charge in [0.1, 0.15) is 4.90 Å². The van der Waals surface area contributed by atoms with E-state index in [2.05, 4.69) is 9.71 Å². The van der Waals surface area contributed by atoms with Crippen LogP contribution in [0.2, 0.25) is 0 Å². The molecule has 0 bridgehead atoms. The van der Waals surface area contributed by atoms with Crippen molar-refractivity contribution in [3.63, 3.8) is 0 Å². The number of nitrogens with one attached hydrogen (secondary N) is 1. The fourth-order valence-corrected chi connectivity index (χ4v) is 2.36. The zero-order valence-corrected chi connectivity index (χ0v) is 10.1. The predicted octanol–water partition coefficient (Wildman–Crippen LogP) is 2.19. The van der Waals surface area contributed by atoms with Crippen LogP contribution in [0.4, 0.5) is 5.69 Å². The van der Waals surface area contributed by atoms with E-state index < -0.39 is 10.0 Å². The first-order valence-corrected chi connectivity index (χ1v) is 6.56. The topological polar surface area (TPSA) is 59.1 Å². The van der Waals surface area contributed by atoms with Gasteiger partial charge in [0.15, 0.2) is 0 Å². The third kappa shape index (κ3) is 2.82. The summed E-state index contributed by atoms with van der Waals surface area (Å²) < 4.78 is 26.4. The van der Waals surface area contributed by atoms with E-state index in [-0.39, 0.29) is 4.90 Å². The molecule has 0 amide bonds. The smallest absolute Gasteiger partial charge is 0.263 e. The van der Waals surface area contributed by atoms with Crippen LogP contribution in [0.25, 0.3) is 0 Å². The van der Waals surface area contributed by atoms with Gasteiger partial charge in [0, 0.05) is 18.1 Å². The summed E-state index contributed by atoms with van der Waals surface area (Å²) in [7, 11) is -3.54. The number of benzene rings is 1. The largest absolute Gasteiger partial charge is 0.280 e. The lowest BCUT2D eigenvalue weighted by Crippen LogP contribution is -2.12. The maximum atomic E-state index is 11.9. The van der Waals surface area contributed by atoms with Crippen LogP contribution < -0.4 is 4.72 Å². The van der Waals surface area contributed by atoms with Gasteiger partial charge in [-0.3, -0.25) is 9.71 Å². The lowest BCUT2D eigenvalue weighted by molar-refractivity contribution is 0.601. The van der Waals surface area contributed by atoms with Crippen LogP contribution in [0, 0.1) is 6.92 Å². The van der Waals surface area contributed by atoms with Gasteiger partial charge in [0.05, 0.1) is 0 Å². The molecule has 0 saturated carbocycles.